The maximum atomic E-state index is 14.8. The first-order chi connectivity index (χ1) is 18.3. The molecule has 2 aromatic rings. The molecule has 0 bridgehead atoms. The third kappa shape index (κ3) is 5.77. The number of ether oxygens (including phenoxy) is 1. The van der Waals surface area contributed by atoms with Crippen molar-refractivity contribution >= 4 is 23.6 Å². The summed E-state index contributed by atoms with van der Waals surface area (Å²) in [6.45, 7) is 7.17. The number of urea groups is 1. The van der Waals surface area contributed by atoms with Crippen LogP contribution in [0.4, 0.5) is 34.3 Å². The van der Waals surface area contributed by atoms with Gasteiger partial charge in [-0.3, -0.25) is 0 Å². The summed E-state index contributed by atoms with van der Waals surface area (Å²) >= 11 is 0. The quantitative estimate of drug-likeness (QED) is 0.544. The zero-order chi connectivity index (χ0) is 28.0. The Labute approximate surface area is 226 Å². The normalized spacial score (nSPS) is 20.1. The van der Waals surface area contributed by atoms with Gasteiger partial charge in [0.15, 0.2) is 5.82 Å². The van der Waals surface area contributed by atoms with Gasteiger partial charge >= 0.3 is 12.1 Å². The van der Waals surface area contributed by atoms with Crippen LogP contribution in [0, 0.1) is 11.2 Å². The molecule has 0 atom stereocenters. The van der Waals surface area contributed by atoms with Crippen molar-refractivity contribution in [3.63, 3.8) is 0 Å². The maximum absolute atomic E-state index is 14.8. The first-order valence-corrected chi connectivity index (χ1v) is 13.3. The minimum absolute atomic E-state index is 0.0490. The van der Waals surface area contributed by atoms with Crippen molar-refractivity contribution in [1.82, 2.24) is 14.8 Å². The van der Waals surface area contributed by atoms with Crippen molar-refractivity contribution in [3.05, 3.63) is 42.3 Å². The Kier molecular flexibility index (Phi) is 6.88. The van der Waals surface area contributed by atoms with E-state index >= 15 is 0 Å². The lowest BCUT2D eigenvalue weighted by Crippen LogP contribution is -2.63. The Balaban J connectivity index is 1.30. The minimum Gasteiger partial charge on any atom is -0.444 e. The number of likely N-dealkylation sites (tertiary alicyclic amines) is 2. The van der Waals surface area contributed by atoms with Crippen molar-refractivity contribution in [2.45, 2.75) is 51.6 Å². The van der Waals surface area contributed by atoms with Crippen LogP contribution in [-0.4, -0.2) is 77.7 Å². The molecule has 3 saturated heterocycles. The first-order valence-electron chi connectivity index (χ1n) is 13.3. The topological polar surface area (TPSA) is 78.0 Å². The van der Waals surface area contributed by atoms with Gasteiger partial charge < -0.3 is 24.8 Å². The zero-order valence-corrected chi connectivity index (χ0v) is 22.5. The molecule has 3 fully saturated rings. The molecule has 4 heterocycles. The molecule has 0 radical (unpaired) electrons. The Morgan fingerprint density at radius 3 is 2.26 bits per heavy atom. The summed E-state index contributed by atoms with van der Waals surface area (Å²) in [5.74, 6) is -3.16. The summed E-state index contributed by atoms with van der Waals surface area (Å²) in [6, 6.07) is 7.32. The van der Waals surface area contributed by atoms with E-state index in [4.69, 9.17) is 4.74 Å². The molecule has 1 spiro atoms. The molecule has 0 unspecified atom stereocenters. The fourth-order valence-corrected chi connectivity index (χ4v) is 5.54. The monoisotopic (exact) mass is 545 g/mol. The van der Waals surface area contributed by atoms with Gasteiger partial charge in [0, 0.05) is 61.9 Å². The number of halogens is 3. The molecular formula is C28H34F3N5O3. The second-order valence-electron chi connectivity index (χ2n) is 11.8. The number of benzene rings is 1. The molecule has 5 rings (SSSR count). The fraction of sp³-hybridized carbons (Fsp3) is 0.536. The minimum atomic E-state index is -2.87. The summed E-state index contributed by atoms with van der Waals surface area (Å²) in [6.07, 6.45) is 2.24. The third-order valence-electron chi connectivity index (χ3n) is 7.61. The molecule has 0 aliphatic carbocycles. The Bertz CT molecular complexity index is 1250. The van der Waals surface area contributed by atoms with Crippen molar-refractivity contribution < 1.29 is 27.5 Å². The van der Waals surface area contributed by atoms with E-state index in [1.165, 1.54) is 17.2 Å². The standard InChI is InChI=1S/C28H34F3N5O3/c1-26(2,3)39-25(38)36-16-27(17-36)9-13-34(14-10-27)24(37)33-22-20(19-6-4-5-7-21(19)29)8-12-32-23(22)35-15-11-28(30,31)18-35/h4-8,12H,9-11,13-18H2,1-3H3,(H,33,37). The number of amides is 3. The second-order valence-corrected chi connectivity index (χ2v) is 11.8. The number of piperidine rings is 1. The van der Waals surface area contributed by atoms with Crippen LogP contribution in [-0.2, 0) is 4.74 Å². The van der Waals surface area contributed by atoms with Gasteiger partial charge in [-0.25, -0.2) is 27.7 Å². The molecule has 1 aromatic heterocycles. The van der Waals surface area contributed by atoms with E-state index < -0.39 is 29.9 Å². The lowest BCUT2D eigenvalue weighted by molar-refractivity contribution is -0.0546. The summed E-state index contributed by atoms with van der Waals surface area (Å²) < 4.78 is 48.4. The van der Waals surface area contributed by atoms with E-state index in [1.807, 2.05) is 20.8 Å². The summed E-state index contributed by atoms with van der Waals surface area (Å²) in [7, 11) is 0. The number of nitrogens with zero attached hydrogens (tertiary/aromatic N) is 4. The molecule has 11 heteroatoms. The van der Waals surface area contributed by atoms with E-state index in [2.05, 4.69) is 10.3 Å². The van der Waals surface area contributed by atoms with Gasteiger partial charge in [0.1, 0.15) is 11.4 Å². The van der Waals surface area contributed by atoms with Gasteiger partial charge in [0.2, 0.25) is 0 Å². The molecule has 3 aliphatic rings. The molecule has 3 amide bonds. The van der Waals surface area contributed by atoms with Crippen molar-refractivity contribution in [3.8, 4) is 11.1 Å². The first kappa shape index (κ1) is 27.1. The Morgan fingerprint density at radius 1 is 0.949 bits per heavy atom. The largest absolute Gasteiger partial charge is 0.444 e. The van der Waals surface area contributed by atoms with Gasteiger partial charge in [0.25, 0.3) is 5.92 Å². The highest BCUT2D eigenvalue weighted by atomic mass is 19.3. The Hall–Kier alpha value is -3.50. The number of nitrogens with one attached hydrogen (secondary N) is 1. The number of pyridine rings is 1. The average molecular weight is 546 g/mol. The van der Waals surface area contributed by atoms with Crippen LogP contribution < -0.4 is 10.2 Å². The maximum Gasteiger partial charge on any atom is 0.410 e. The molecule has 1 N–H and O–H groups in total. The van der Waals surface area contributed by atoms with Crippen LogP contribution in [0.15, 0.2) is 36.5 Å². The number of aromatic nitrogens is 1. The second kappa shape index (κ2) is 9.91. The van der Waals surface area contributed by atoms with E-state index in [0.29, 0.717) is 31.7 Å². The number of hydrogen-bond donors (Lipinski definition) is 1. The average Bonchev–Trinajstić information content (AvgIpc) is 3.21. The summed E-state index contributed by atoms with van der Waals surface area (Å²) in [5.41, 5.74) is 0.232. The lowest BCUT2D eigenvalue weighted by Gasteiger charge is -2.53. The van der Waals surface area contributed by atoms with Crippen molar-refractivity contribution in [1.29, 1.82) is 0 Å². The van der Waals surface area contributed by atoms with Crippen LogP contribution in [0.5, 0.6) is 0 Å². The predicted molar refractivity (Wildman–Crippen MR) is 141 cm³/mol. The molecule has 210 valence electrons. The van der Waals surface area contributed by atoms with Gasteiger partial charge in [0.05, 0.1) is 12.2 Å². The SMILES string of the molecule is CC(C)(C)OC(=O)N1CC2(CCN(C(=O)Nc3c(-c4ccccc4F)ccnc3N3CCC(F)(F)C3)CC2)C1. The highest BCUT2D eigenvalue weighted by Crippen LogP contribution is 2.42. The molecule has 39 heavy (non-hydrogen) atoms. The van der Waals surface area contributed by atoms with Crippen molar-refractivity contribution in [2.24, 2.45) is 5.41 Å². The molecule has 1 aromatic carbocycles. The van der Waals surface area contributed by atoms with E-state index in [9.17, 15) is 22.8 Å². The zero-order valence-electron chi connectivity index (χ0n) is 22.5. The number of carbonyl (C=O) groups is 2. The van der Waals surface area contributed by atoms with Gasteiger partial charge in [-0.05, 0) is 45.7 Å². The van der Waals surface area contributed by atoms with Crippen LogP contribution in [0.3, 0.4) is 0 Å². The highest BCUT2D eigenvalue weighted by molar-refractivity contribution is 5.99. The number of anilines is 2. The van der Waals surface area contributed by atoms with E-state index in [0.717, 1.165) is 12.8 Å². The summed E-state index contributed by atoms with van der Waals surface area (Å²) in [4.78, 5) is 34.9. The van der Waals surface area contributed by atoms with Crippen LogP contribution in [0.25, 0.3) is 11.1 Å². The van der Waals surface area contributed by atoms with Crippen LogP contribution in [0.1, 0.15) is 40.0 Å². The van der Waals surface area contributed by atoms with Crippen LogP contribution >= 0.6 is 0 Å². The van der Waals surface area contributed by atoms with E-state index in [-0.39, 0.29) is 41.5 Å². The van der Waals surface area contributed by atoms with Crippen LogP contribution in [0.2, 0.25) is 0 Å². The van der Waals surface area contributed by atoms with Gasteiger partial charge in [-0.2, -0.15) is 0 Å². The fourth-order valence-electron chi connectivity index (χ4n) is 5.54. The number of hydrogen-bond acceptors (Lipinski definition) is 5. The Morgan fingerprint density at radius 2 is 1.64 bits per heavy atom. The number of carbonyl (C=O) groups excluding carboxylic acids is 2. The highest BCUT2D eigenvalue weighted by Gasteiger charge is 2.48. The molecule has 8 nitrogen and oxygen atoms in total. The molecule has 0 saturated carbocycles. The van der Waals surface area contributed by atoms with Gasteiger partial charge in [-0.1, -0.05) is 18.2 Å². The predicted octanol–water partition coefficient (Wildman–Crippen LogP) is 5.60. The molecular weight excluding hydrogens is 511 g/mol. The summed E-state index contributed by atoms with van der Waals surface area (Å²) in [5, 5.41) is 2.88. The lowest BCUT2D eigenvalue weighted by atomic mass is 9.72. The third-order valence-corrected chi connectivity index (χ3v) is 7.61. The number of rotatable bonds is 3. The van der Waals surface area contributed by atoms with E-state index in [1.54, 1.807) is 34.1 Å². The van der Waals surface area contributed by atoms with Crippen molar-refractivity contribution in [2.75, 3.05) is 49.5 Å². The van der Waals surface area contributed by atoms with Gasteiger partial charge in [-0.15, -0.1) is 0 Å². The smallest absolute Gasteiger partial charge is 0.410 e. The molecule has 3 aliphatic heterocycles. The number of alkyl halides is 2.